The minimum absolute atomic E-state index is 0.147. The third kappa shape index (κ3) is 3.95. The van der Waals surface area contributed by atoms with Crippen molar-refractivity contribution in [3.63, 3.8) is 0 Å². The topological polar surface area (TPSA) is 43.8 Å². The van der Waals surface area contributed by atoms with Crippen LogP contribution in [0.4, 0.5) is 0 Å². The third-order valence-corrected chi connectivity index (χ3v) is 5.16. The van der Waals surface area contributed by atoms with E-state index in [9.17, 15) is 9.90 Å². The van der Waals surface area contributed by atoms with Crippen LogP contribution in [0.1, 0.15) is 45.4 Å². The molecular formula is C16H30N2O2. The maximum atomic E-state index is 11.6. The number of carboxylic acid groups (broad SMARTS) is 1. The van der Waals surface area contributed by atoms with Crippen molar-refractivity contribution in [2.75, 3.05) is 33.2 Å². The maximum Gasteiger partial charge on any atom is 0.308 e. The Morgan fingerprint density at radius 3 is 2.70 bits per heavy atom. The molecule has 20 heavy (non-hydrogen) atoms. The van der Waals surface area contributed by atoms with Crippen molar-refractivity contribution in [3.05, 3.63) is 0 Å². The van der Waals surface area contributed by atoms with Crippen LogP contribution in [0, 0.1) is 11.8 Å². The van der Waals surface area contributed by atoms with Gasteiger partial charge in [-0.15, -0.1) is 0 Å². The average Bonchev–Trinajstić information content (AvgIpc) is 2.63. The Balaban J connectivity index is 2.03. The molecule has 0 spiro atoms. The SMILES string of the molecule is CCCC1CCC(C(=O)O)C(N2CCCN(C)CC2)C1. The number of likely N-dealkylation sites (N-methyl/N-ethyl adjacent to an activating group) is 1. The number of carboxylic acids is 1. The lowest BCUT2D eigenvalue weighted by molar-refractivity contribution is -0.146. The van der Waals surface area contributed by atoms with Gasteiger partial charge in [0, 0.05) is 19.1 Å². The van der Waals surface area contributed by atoms with Crippen LogP contribution in [-0.4, -0.2) is 60.1 Å². The van der Waals surface area contributed by atoms with Crippen LogP contribution in [-0.2, 0) is 4.79 Å². The monoisotopic (exact) mass is 282 g/mol. The van der Waals surface area contributed by atoms with Crippen molar-refractivity contribution in [1.82, 2.24) is 9.80 Å². The molecule has 1 aliphatic carbocycles. The summed E-state index contributed by atoms with van der Waals surface area (Å²) in [6.45, 7) is 6.54. The summed E-state index contributed by atoms with van der Waals surface area (Å²) in [5.41, 5.74) is 0. The molecule has 1 saturated heterocycles. The third-order valence-electron chi connectivity index (χ3n) is 5.16. The average molecular weight is 282 g/mol. The van der Waals surface area contributed by atoms with E-state index in [4.69, 9.17) is 0 Å². The highest BCUT2D eigenvalue weighted by atomic mass is 16.4. The normalized spacial score (nSPS) is 33.8. The molecule has 1 heterocycles. The molecule has 4 heteroatoms. The van der Waals surface area contributed by atoms with Crippen LogP contribution in [0.15, 0.2) is 0 Å². The molecule has 0 bridgehead atoms. The van der Waals surface area contributed by atoms with Gasteiger partial charge in [-0.25, -0.2) is 0 Å². The predicted molar refractivity (Wildman–Crippen MR) is 80.8 cm³/mol. The van der Waals surface area contributed by atoms with Crippen molar-refractivity contribution in [2.45, 2.75) is 51.5 Å². The van der Waals surface area contributed by atoms with Crippen LogP contribution in [0.2, 0.25) is 0 Å². The minimum atomic E-state index is -0.581. The van der Waals surface area contributed by atoms with Crippen molar-refractivity contribution in [3.8, 4) is 0 Å². The predicted octanol–water partition coefficient (Wildman–Crippen LogP) is 2.29. The highest BCUT2D eigenvalue weighted by Gasteiger charge is 2.38. The molecule has 4 nitrogen and oxygen atoms in total. The maximum absolute atomic E-state index is 11.6. The zero-order valence-electron chi connectivity index (χ0n) is 13.1. The van der Waals surface area contributed by atoms with E-state index in [1.807, 2.05) is 0 Å². The fraction of sp³-hybridized carbons (Fsp3) is 0.938. The van der Waals surface area contributed by atoms with Crippen molar-refractivity contribution in [2.24, 2.45) is 11.8 Å². The summed E-state index contributed by atoms with van der Waals surface area (Å²) in [6, 6.07) is 0.268. The first-order chi connectivity index (χ1) is 9.61. The Kier molecular flexibility index (Phi) is 5.85. The molecular weight excluding hydrogens is 252 g/mol. The number of carbonyl (C=O) groups is 1. The van der Waals surface area contributed by atoms with Crippen LogP contribution >= 0.6 is 0 Å². The molecule has 0 aromatic carbocycles. The summed E-state index contributed by atoms with van der Waals surface area (Å²) in [5.74, 6) is 0.00986. The molecule has 1 saturated carbocycles. The molecule has 3 atom stereocenters. The van der Waals surface area contributed by atoms with Gasteiger partial charge in [-0.3, -0.25) is 9.69 Å². The van der Waals surface area contributed by atoms with Crippen LogP contribution in [0.3, 0.4) is 0 Å². The van der Waals surface area contributed by atoms with Gasteiger partial charge < -0.3 is 10.0 Å². The molecule has 116 valence electrons. The lowest BCUT2D eigenvalue weighted by Crippen LogP contribution is -2.48. The molecule has 0 aromatic heterocycles. The van der Waals surface area contributed by atoms with Gasteiger partial charge in [0.25, 0.3) is 0 Å². The molecule has 2 fully saturated rings. The van der Waals surface area contributed by atoms with Gasteiger partial charge in [0.2, 0.25) is 0 Å². The second-order valence-electron chi connectivity index (χ2n) is 6.67. The van der Waals surface area contributed by atoms with E-state index in [0.29, 0.717) is 0 Å². The van der Waals surface area contributed by atoms with E-state index in [2.05, 4.69) is 23.8 Å². The molecule has 3 unspecified atom stereocenters. The van der Waals surface area contributed by atoms with Crippen molar-refractivity contribution < 1.29 is 9.90 Å². The number of aliphatic carboxylic acids is 1. The van der Waals surface area contributed by atoms with Gasteiger partial charge in [0.05, 0.1) is 5.92 Å². The minimum Gasteiger partial charge on any atom is -0.481 e. The van der Waals surface area contributed by atoms with Crippen molar-refractivity contribution in [1.29, 1.82) is 0 Å². The summed E-state index contributed by atoms with van der Waals surface area (Å²) in [6.07, 6.45) is 6.72. The number of rotatable bonds is 4. The largest absolute Gasteiger partial charge is 0.481 e. The van der Waals surface area contributed by atoms with Crippen LogP contribution < -0.4 is 0 Å². The van der Waals surface area contributed by atoms with E-state index in [0.717, 1.165) is 57.8 Å². The quantitative estimate of drug-likeness (QED) is 0.859. The molecule has 2 aliphatic rings. The zero-order chi connectivity index (χ0) is 14.5. The highest BCUT2D eigenvalue weighted by molar-refractivity contribution is 5.71. The fourth-order valence-electron chi connectivity index (χ4n) is 3.99. The second kappa shape index (κ2) is 7.41. The Morgan fingerprint density at radius 1 is 1.20 bits per heavy atom. The number of hydrogen-bond donors (Lipinski definition) is 1. The van der Waals surface area contributed by atoms with Gasteiger partial charge in [-0.2, -0.15) is 0 Å². The Bertz CT molecular complexity index is 322. The van der Waals surface area contributed by atoms with Crippen LogP contribution in [0.5, 0.6) is 0 Å². The smallest absolute Gasteiger partial charge is 0.308 e. The van der Waals surface area contributed by atoms with Gasteiger partial charge in [-0.05, 0) is 51.7 Å². The Hall–Kier alpha value is -0.610. The van der Waals surface area contributed by atoms with E-state index >= 15 is 0 Å². The summed E-state index contributed by atoms with van der Waals surface area (Å²) < 4.78 is 0. The first-order valence-corrected chi connectivity index (χ1v) is 8.27. The molecule has 1 N–H and O–H groups in total. The number of hydrogen-bond acceptors (Lipinski definition) is 3. The Labute approximate surface area is 123 Å². The van der Waals surface area contributed by atoms with E-state index in [1.165, 1.54) is 12.8 Å². The second-order valence-corrected chi connectivity index (χ2v) is 6.67. The van der Waals surface area contributed by atoms with Gasteiger partial charge in [-0.1, -0.05) is 19.8 Å². The first-order valence-electron chi connectivity index (χ1n) is 8.27. The lowest BCUT2D eigenvalue weighted by atomic mass is 9.76. The van der Waals surface area contributed by atoms with Gasteiger partial charge >= 0.3 is 5.97 Å². The molecule has 0 amide bonds. The molecule has 2 rings (SSSR count). The van der Waals surface area contributed by atoms with Gasteiger partial charge in [0.1, 0.15) is 0 Å². The highest BCUT2D eigenvalue weighted by Crippen LogP contribution is 2.35. The summed E-state index contributed by atoms with van der Waals surface area (Å²) in [7, 11) is 2.17. The summed E-state index contributed by atoms with van der Waals surface area (Å²) >= 11 is 0. The molecule has 0 radical (unpaired) electrons. The lowest BCUT2D eigenvalue weighted by Gasteiger charge is -2.40. The van der Waals surface area contributed by atoms with Gasteiger partial charge in [0.15, 0.2) is 0 Å². The fourth-order valence-corrected chi connectivity index (χ4v) is 3.99. The zero-order valence-corrected chi connectivity index (χ0v) is 13.1. The molecule has 1 aliphatic heterocycles. The standard InChI is InChI=1S/C16H30N2O2/c1-3-5-13-6-7-14(16(19)20)15(12-13)18-9-4-8-17(2)10-11-18/h13-15H,3-12H2,1-2H3,(H,19,20). The van der Waals surface area contributed by atoms with Crippen LogP contribution in [0.25, 0.3) is 0 Å². The van der Waals surface area contributed by atoms with E-state index in [-0.39, 0.29) is 12.0 Å². The van der Waals surface area contributed by atoms with Crippen molar-refractivity contribution >= 4 is 5.97 Å². The van der Waals surface area contributed by atoms with E-state index in [1.54, 1.807) is 0 Å². The first kappa shape index (κ1) is 15.8. The Morgan fingerprint density at radius 2 is 2.00 bits per heavy atom. The summed E-state index contributed by atoms with van der Waals surface area (Å²) in [5, 5.41) is 9.54. The summed E-state index contributed by atoms with van der Waals surface area (Å²) in [4.78, 5) is 16.4. The molecule has 0 aromatic rings. The number of nitrogens with zero attached hydrogens (tertiary/aromatic N) is 2. The van der Waals surface area contributed by atoms with E-state index < -0.39 is 5.97 Å².